The van der Waals surface area contributed by atoms with Gasteiger partial charge in [0.1, 0.15) is 5.82 Å². The van der Waals surface area contributed by atoms with Gasteiger partial charge in [0.2, 0.25) is 0 Å². The van der Waals surface area contributed by atoms with Crippen LogP contribution in [0.4, 0.5) is 10.1 Å². The molecule has 0 radical (unpaired) electrons. The van der Waals surface area contributed by atoms with Crippen LogP contribution in [0.15, 0.2) is 46.0 Å². The number of hydrogen-bond donors (Lipinski definition) is 1. The number of halogens is 2. The lowest BCUT2D eigenvalue weighted by Crippen LogP contribution is -2.19. The van der Waals surface area contributed by atoms with Crippen molar-refractivity contribution in [2.75, 3.05) is 19.0 Å². The van der Waals surface area contributed by atoms with Crippen molar-refractivity contribution in [2.45, 2.75) is 0 Å². The van der Waals surface area contributed by atoms with E-state index >= 15 is 0 Å². The second-order valence-electron chi connectivity index (χ2n) is 5.11. The summed E-state index contributed by atoms with van der Waals surface area (Å²) >= 11 is 3.46. The summed E-state index contributed by atoms with van der Waals surface area (Å²) in [4.78, 5) is 13.9. The Hall–Kier alpha value is -2.72. The number of hydrogen-bond acceptors (Lipinski definition) is 4. The number of rotatable bonds is 4. The van der Waals surface area contributed by atoms with Gasteiger partial charge in [0, 0.05) is 18.6 Å². The lowest BCUT2D eigenvalue weighted by Gasteiger charge is -2.14. The highest BCUT2D eigenvalue weighted by Crippen LogP contribution is 2.25. The zero-order chi connectivity index (χ0) is 17.7. The average molecular weight is 389 g/mol. The fourth-order valence-corrected chi connectivity index (χ4v) is 2.71. The summed E-state index contributed by atoms with van der Waals surface area (Å²) in [6.07, 6.45) is 1.46. The minimum atomic E-state index is -0.764. The lowest BCUT2D eigenvalue weighted by molar-refractivity contribution is 0.0951. The molecular formula is C17H14BrFN4O. The molecule has 0 saturated heterocycles. The van der Waals surface area contributed by atoms with Gasteiger partial charge in [-0.1, -0.05) is 6.07 Å². The molecule has 0 fully saturated rings. The van der Waals surface area contributed by atoms with E-state index in [0.717, 1.165) is 21.8 Å². The van der Waals surface area contributed by atoms with Crippen LogP contribution in [0.25, 0.3) is 0 Å². The zero-order valence-corrected chi connectivity index (χ0v) is 14.6. The van der Waals surface area contributed by atoms with Gasteiger partial charge in [0.25, 0.3) is 5.91 Å². The number of hydrazone groups is 1. The standard InChI is InChI=1S/C17H14BrFN4O/c1-23(2)16-6-4-12(7-14(16)18)10-21-22-17(24)13-5-3-11(9-20)8-15(13)19/h3-8,10H,1-2H3,(H,22,24). The van der Waals surface area contributed by atoms with Crippen molar-refractivity contribution in [3.63, 3.8) is 0 Å². The predicted molar refractivity (Wildman–Crippen MR) is 94.6 cm³/mol. The van der Waals surface area contributed by atoms with Crippen molar-refractivity contribution in [3.05, 3.63) is 63.4 Å². The molecule has 1 amide bonds. The highest BCUT2D eigenvalue weighted by molar-refractivity contribution is 9.10. The topological polar surface area (TPSA) is 68.5 Å². The van der Waals surface area contributed by atoms with Gasteiger partial charge in [-0.25, -0.2) is 9.82 Å². The Kier molecular flexibility index (Phi) is 5.66. The van der Waals surface area contributed by atoms with E-state index in [0.29, 0.717) is 0 Å². The van der Waals surface area contributed by atoms with Crippen LogP contribution in [-0.4, -0.2) is 26.2 Å². The Balaban J connectivity index is 2.08. The van der Waals surface area contributed by atoms with Gasteiger partial charge in [0.15, 0.2) is 0 Å². The SMILES string of the molecule is CN(C)c1ccc(C=NNC(=O)c2ccc(C#N)cc2F)cc1Br. The maximum absolute atomic E-state index is 13.7. The summed E-state index contributed by atoms with van der Waals surface area (Å²) in [5.74, 6) is -1.45. The summed E-state index contributed by atoms with van der Waals surface area (Å²) < 4.78 is 14.6. The molecule has 2 aromatic rings. The number of nitrogens with one attached hydrogen (secondary N) is 1. The number of anilines is 1. The zero-order valence-electron chi connectivity index (χ0n) is 13.0. The summed E-state index contributed by atoms with van der Waals surface area (Å²) in [5, 5.41) is 12.5. The molecule has 0 aliphatic carbocycles. The van der Waals surface area contributed by atoms with E-state index < -0.39 is 11.7 Å². The van der Waals surface area contributed by atoms with Gasteiger partial charge >= 0.3 is 0 Å². The summed E-state index contributed by atoms with van der Waals surface area (Å²) in [7, 11) is 3.86. The Morgan fingerprint density at radius 2 is 2.08 bits per heavy atom. The first-order chi connectivity index (χ1) is 11.4. The van der Waals surface area contributed by atoms with Gasteiger partial charge < -0.3 is 4.90 Å². The minimum absolute atomic E-state index is 0.151. The third-order valence-electron chi connectivity index (χ3n) is 3.18. The van der Waals surface area contributed by atoms with Gasteiger partial charge in [0.05, 0.1) is 29.1 Å². The number of amides is 1. The largest absolute Gasteiger partial charge is 0.377 e. The van der Waals surface area contributed by atoms with Crippen LogP contribution >= 0.6 is 15.9 Å². The number of nitrogens with zero attached hydrogens (tertiary/aromatic N) is 3. The van der Waals surface area contributed by atoms with E-state index in [1.165, 1.54) is 18.3 Å². The summed E-state index contributed by atoms with van der Waals surface area (Å²) in [6.45, 7) is 0. The third kappa shape index (κ3) is 4.18. The Labute approximate surface area is 147 Å². The fraction of sp³-hybridized carbons (Fsp3) is 0.118. The molecule has 0 aromatic heterocycles. The predicted octanol–water partition coefficient (Wildman–Crippen LogP) is 3.29. The molecule has 1 N–H and O–H groups in total. The molecule has 7 heteroatoms. The number of nitriles is 1. The first-order valence-electron chi connectivity index (χ1n) is 6.92. The van der Waals surface area contributed by atoms with Crippen LogP contribution in [-0.2, 0) is 0 Å². The van der Waals surface area contributed by atoms with Crippen LogP contribution in [0.5, 0.6) is 0 Å². The molecule has 0 heterocycles. The van der Waals surface area contributed by atoms with Crippen LogP contribution < -0.4 is 10.3 Å². The second kappa shape index (κ2) is 7.70. The van der Waals surface area contributed by atoms with Crippen molar-refractivity contribution in [1.82, 2.24) is 5.43 Å². The molecular weight excluding hydrogens is 375 g/mol. The smallest absolute Gasteiger partial charge is 0.274 e. The summed E-state index contributed by atoms with van der Waals surface area (Å²) in [5.41, 5.74) is 4.03. The Bertz CT molecular complexity index is 843. The van der Waals surface area contributed by atoms with E-state index in [1.54, 1.807) is 0 Å². The quantitative estimate of drug-likeness (QED) is 0.645. The summed E-state index contributed by atoms with van der Waals surface area (Å²) in [6, 6.07) is 11.1. The minimum Gasteiger partial charge on any atom is -0.377 e. The second-order valence-corrected chi connectivity index (χ2v) is 5.97. The number of carbonyl (C=O) groups is 1. The monoisotopic (exact) mass is 388 g/mol. The molecule has 122 valence electrons. The van der Waals surface area contributed by atoms with Crippen LogP contribution in [0, 0.1) is 17.1 Å². The average Bonchev–Trinajstić information content (AvgIpc) is 2.54. The highest BCUT2D eigenvalue weighted by atomic mass is 79.9. The van der Waals surface area contributed by atoms with Crippen molar-refractivity contribution in [1.29, 1.82) is 5.26 Å². The van der Waals surface area contributed by atoms with E-state index in [9.17, 15) is 9.18 Å². The van der Waals surface area contributed by atoms with E-state index in [4.69, 9.17) is 5.26 Å². The first-order valence-corrected chi connectivity index (χ1v) is 7.71. The van der Waals surface area contributed by atoms with Gasteiger partial charge in [-0.2, -0.15) is 10.4 Å². The number of carbonyl (C=O) groups excluding carboxylic acids is 1. The van der Waals surface area contributed by atoms with Crippen molar-refractivity contribution in [3.8, 4) is 6.07 Å². The third-order valence-corrected chi connectivity index (χ3v) is 3.81. The maximum Gasteiger partial charge on any atom is 0.274 e. The lowest BCUT2D eigenvalue weighted by atomic mass is 10.1. The normalized spacial score (nSPS) is 10.5. The first kappa shape index (κ1) is 17.6. The molecule has 0 atom stereocenters. The van der Waals surface area contributed by atoms with Gasteiger partial charge in [-0.3, -0.25) is 4.79 Å². The highest BCUT2D eigenvalue weighted by Gasteiger charge is 2.11. The van der Waals surface area contributed by atoms with Gasteiger partial charge in [-0.15, -0.1) is 0 Å². The Morgan fingerprint density at radius 3 is 2.67 bits per heavy atom. The molecule has 0 aliphatic rings. The molecule has 2 rings (SSSR count). The van der Waals surface area contributed by atoms with E-state index in [-0.39, 0.29) is 11.1 Å². The van der Waals surface area contributed by atoms with Crippen LogP contribution in [0.3, 0.4) is 0 Å². The molecule has 0 bridgehead atoms. The Morgan fingerprint density at radius 1 is 1.33 bits per heavy atom. The van der Waals surface area contributed by atoms with Crippen LogP contribution in [0.2, 0.25) is 0 Å². The molecule has 0 unspecified atom stereocenters. The maximum atomic E-state index is 13.7. The van der Waals surface area contributed by atoms with Crippen molar-refractivity contribution in [2.24, 2.45) is 5.10 Å². The molecule has 0 spiro atoms. The van der Waals surface area contributed by atoms with Crippen molar-refractivity contribution >= 4 is 33.7 Å². The molecule has 2 aromatic carbocycles. The molecule has 0 saturated carbocycles. The number of benzene rings is 2. The van der Waals surface area contributed by atoms with Crippen LogP contribution in [0.1, 0.15) is 21.5 Å². The molecule has 5 nitrogen and oxygen atoms in total. The molecule has 0 aliphatic heterocycles. The van der Waals surface area contributed by atoms with E-state index in [2.05, 4.69) is 26.5 Å². The van der Waals surface area contributed by atoms with Gasteiger partial charge in [-0.05, 0) is 51.8 Å². The van der Waals surface area contributed by atoms with Crippen molar-refractivity contribution < 1.29 is 9.18 Å². The fourth-order valence-electron chi connectivity index (χ4n) is 1.96. The van der Waals surface area contributed by atoms with E-state index in [1.807, 2.05) is 43.3 Å². The molecule has 24 heavy (non-hydrogen) atoms.